The summed E-state index contributed by atoms with van der Waals surface area (Å²) in [5, 5.41) is 12.7. The zero-order valence-electron chi connectivity index (χ0n) is 33.2. The highest BCUT2D eigenvalue weighted by Crippen LogP contribution is 2.43. The van der Waals surface area contributed by atoms with Gasteiger partial charge in [0, 0.05) is 54.4 Å². The van der Waals surface area contributed by atoms with Crippen molar-refractivity contribution < 1.29 is 0 Å². The minimum absolute atomic E-state index is 0.0354. The number of fused-ring (bicyclic) bond motifs is 14. The summed E-state index contributed by atoms with van der Waals surface area (Å²) >= 11 is 0. The Bertz CT molecular complexity index is 3710. The molecule has 3 heteroatoms. The van der Waals surface area contributed by atoms with E-state index in [1.165, 1.54) is 104 Å². The predicted molar refractivity (Wildman–Crippen MR) is 252 cm³/mol. The fourth-order valence-electron chi connectivity index (χ4n) is 10.3. The monoisotopic (exact) mass is 753 g/mol. The molecule has 13 aromatic rings. The second kappa shape index (κ2) is 11.6. The van der Waals surface area contributed by atoms with Gasteiger partial charge in [-0.05, 0) is 92.9 Å². The van der Waals surface area contributed by atoms with Gasteiger partial charge in [0.15, 0.2) is 0 Å². The third kappa shape index (κ3) is 4.53. The predicted octanol–water partition coefficient (Wildman–Crippen LogP) is 15.2. The lowest BCUT2D eigenvalue weighted by molar-refractivity contribution is 0.591. The molecule has 0 aliphatic heterocycles. The maximum atomic E-state index is 2.54. The van der Waals surface area contributed by atoms with Crippen LogP contribution in [0.5, 0.6) is 0 Å². The first-order valence-corrected chi connectivity index (χ1v) is 20.7. The van der Waals surface area contributed by atoms with E-state index in [2.05, 4.69) is 216 Å². The van der Waals surface area contributed by atoms with Crippen molar-refractivity contribution in [3.8, 4) is 16.8 Å². The molecule has 3 nitrogen and oxygen atoms in total. The van der Waals surface area contributed by atoms with Crippen molar-refractivity contribution in [3.63, 3.8) is 0 Å². The summed E-state index contributed by atoms with van der Waals surface area (Å²) in [6.07, 6.45) is 0. The molecule has 0 amide bonds. The molecule has 0 atom stereocenters. The number of nitrogens with zero attached hydrogens (tertiary/aromatic N) is 3. The summed E-state index contributed by atoms with van der Waals surface area (Å²) in [7, 11) is 0. The van der Waals surface area contributed by atoms with Gasteiger partial charge in [-0.1, -0.05) is 148 Å². The average molecular weight is 754 g/mol. The van der Waals surface area contributed by atoms with Crippen LogP contribution in [0.25, 0.3) is 115 Å². The fourth-order valence-corrected chi connectivity index (χ4v) is 10.3. The lowest BCUT2D eigenvalue weighted by Crippen LogP contribution is -2.10. The molecule has 3 heterocycles. The summed E-state index contributed by atoms with van der Waals surface area (Å²) in [6.45, 7) is 6.94. The van der Waals surface area contributed by atoms with Crippen LogP contribution in [0.15, 0.2) is 182 Å². The third-order valence-corrected chi connectivity index (χ3v) is 13.1. The van der Waals surface area contributed by atoms with Crippen LogP contribution in [-0.2, 0) is 5.41 Å². The van der Waals surface area contributed by atoms with Crippen molar-refractivity contribution in [1.29, 1.82) is 0 Å². The third-order valence-electron chi connectivity index (χ3n) is 13.1. The number of rotatable bonds is 2. The van der Waals surface area contributed by atoms with Crippen molar-refractivity contribution in [1.82, 2.24) is 13.4 Å². The highest BCUT2D eigenvalue weighted by molar-refractivity contribution is 6.30. The molecule has 0 saturated heterocycles. The molecule has 278 valence electrons. The Morgan fingerprint density at radius 1 is 0.339 bits per heavy atom. The molecule has 6 bridgehead atoms. The molecular formula is C56H39N3. The molecule has 0 aliphatic carbocycles. The summed E-state index contributed by atoms with van der Waals surface area (Å²) < 4.78 is 7.52. The Morgan fingerprint density at radius 2 is 0.797 bits per heavy atom. The number of para-hydroxylation sites is 2. The lowest BCUT2D eigenvalue weighted by Gasteiger charge is -2.22. The van der Waals surface area contributed by atoms with Crippen molar-refractivity contribution in [3.05, 3.63) is 188 Å². The molecule has 0 unspecified atom stereocenters. The molecule has 13 rings (SSSR count). The molecule has 0 N–H and O–H groups in total. The molecule has 59 heavy (non-hydrogen) atoms. The van der Waals surface area contributed by atoms with Gasteiger partial charge in [-0.2, -0.15) is 0 Å². The lowest BCUT2D eigenvalue weighted by atomic mass is 9.83. The van der Waals surface area contributed by atoms with Gasteiger partial charge in [-0.15, -0.1) is 0 Å². The van der Waals surface area contributed by atoms with Crippen LogP contribution in [0.3, 0.4) is 0 Å². The summed E-state index contributed by atoms with van der Waals surface area (Å²) in [5.41, 5.74) is 14.3. The van der Waals surface area contributed by atoms with E-state index < -0.39 is 0 Å². The van der Waals surface area contributed by atoms with Crippen molar-refractivity contribution in [2.24, 2.45) is 0 Å². The topological polar surface area (TPSA) is 13.8 Å². The van der Waals surface area contributed by atoms with Gasteiger partial charge >= 0.3 is 0 Å². The summed E-state index contributed by atoms with van der Waals surface area (Å²) in [4.78, 5) is 0. The van der Waals surface area contributed by atoms with Crippen LogP contribution in [-0.4, -0.2) is 13.4 Å². The van der Waals surface area contributed by atoms with Crippen LogP contribution in [0.2, 0.25) is 0 Å². The Labute approximate surface area is 340 Å². The highest BCUT2D eigenvalue weighted by atomic mass is 15.0. The SMILES string of the molecule is CC(C)(C)c1cc2ccc3c4c(ccc(c1)c24)c1cc3n2c3ccccc3c3ccc(cc32)n(-c2ccc(-c3ccccc3)cc2)c2ccc3c4ccccc4n1c3c2. The van der Waals surface area contributed by atoms with Crippen molar-refractivity contribution in [2.45, 2.75) is 26.2 Å². The summed E-state index contributed by atoms with van der Waals surface area (Å²) in [6, 6.07) is 68.5. The smallest absolute Gasteiger partial charge is 0.0562 e. The van der Waals surface area contributed by atoms with E-state index in [1.807, 2.05) is 0 Å². The van der Waals surface area contributed by atoms with E-state index in [0.717, 1.165) is 16.7 Å². The molecule has 0 saturated carbocycles. The number of benzene rings is 10. The molecule has 3 aromatic heterocycles. The Kier molecular flexibility index (Phi) is 6.44. The van der Waals surface area contributed by atoms with Gasteiger partial charge in [0.2, 0.25) is 0 Å². The fraction of sp³-hybridized carbons (Fsp3) is 0.0714. The molecule has 0 fully saturated rings. The molecule has 0 radical (unpaired) electrons. The normalized spacial score (nSPS) is 12.7. The number of hydrogen-bond acceptors (Lipinski definition) is 0. The molecule has 10 aromatic carbocycles. The maximum absolute atomic E-state index is 2.54. The Morgan fingerprint density at radius 3 is 1.34 bits per heavy atom. The average Bonchev–Trinajstić information content (AvgIpc) is 3.77. The Hall–Kier alpha value is -7.36. The van der Waals surface area contributed by atoms with Gasteiger partial charge in [-0.3, -0.25) is 0 Å². The minimum Gasteiger partial charge on any atom is -0.310 e. The number of aromatic nitrogens is 3. The van der Waals surface area contributed by atoms with Crippen LogP contribution in [0.4, 0.5) is 0 Å². The first kappa shape index (κ1) is 32.7. The zero-order chi connectivity index (χ0) is 39.1. The van der Waals surface area contributed by atoms with Crippen molar-refractivity contribution in [2.75, 3.05) is 0 Å². The number of hydrogen-bond donors (Lipinski definition) is 0. The molecular weight excluding hydrogens is 715 g/mol. The first-order valence-electron chi connectivity index (χ1n) is 20.7. The van der Waals surface area contributed by atoms with Crippen LogP contribution in [0, 0.1) is 0 Å². The summed E-state index contributed by atoms with van der Waals surface area (Å²) in [5.74, 6) is 0. The largest absolute Gasteiger partial charge is 0.310 e. The second-order valence-corrected chi connectivity index (χ2v) is 17.4. The quantitative estimate of drug-likeness (QED) is 0.156. The first-order chi connectivity index (χ1) is 28.9. The minimum atomic E-state index is 0.0354. The van der Waals surface area contributed by atoms with Gasteiger partial charge in [-0.25, -0.2) is 0 Å². The Balaban J connectivity index is 1.30. The maximum Gasteiger partial charge on any atom is 0.0562 e. The van der Waals surface area contributed by atoms with E-state index in [4.69, 9.17) is 0 Å². The van der Waals surface area contributed by atoms with E-state index in [0.29, 0.717) is 0 Å². The second-order valence-electron chi connectivity index (χ2n) is 17.4. The van der Waals surface area contributed by atoms with Gasteiger partial charge in [0.1, 0.15) is 0 Å². The van der Waals surface area contributed by atoms with Gasteiger partial charge in [0.05, 0.1) is 33.1 Å². The van der Waals surface area contributed by atoms with Gasteiger partial charge < -0.3 is 13.4 Å². The molecule has 0 aliphatic rings. The van der Waals surface area contributed by atoms with Crippen LogP contribution in [0.1, 0.15) is 26.3 Å². The van der Waals surface area contributed by atoms with Crippen LogP contribution >= 0.6 is 0 Å². The van der Waals surface area contributed by atoms with E-state index in [9.17, 15) is 0 Å². The molecule has 0 spiro atoms. The highest BCUT2D eigenvalue weighted by Gasteiger charge is 2.21. The van der Waals surface area contributed by atoms with Crippen LogP contribution < -0.4 is 0 Å². The zero-order valence-corrected chi connectivity index (χ0v) is 33.2. The van der Waals surface area contributed by atoms with Gasteiger partial charge in [0.25, 0.3) is 0 Å². The van der Waals surface area contributed by atoms with E-state index in [-0.39, 0.29) is 5.41 Å². The van der Waals surface area contributed by atoms with E-state index in [1.54, 1.807) is 0 Å². The van der Waals surface area contributed by atoms with Crippen molar-refractivity contribution >= 4 is 98.0 Å². The van der Waals surface area contributed by atoms with E-state index >= 15 is 0 Å². The standard InChI is InChI=1S/C56H39N3/c1-56(2,3)38-29-36-19-25-46-52-33-53(47-26-20-37(30-38)54(36)55(46)47)59-49-16-10-8-14-43(49)45-28-24-41(32-51(45)59)57(39-21-17-35(18-22-39)34-11-5-4-6-12-34)40-23-27-44-42-13-7-9-15-48(42)58(52)50(44)31-40/h4-33H,1-3H3.